The average molecular weight is 453 g/mol. The molecule has 2 unspecified atom stereocenters. The van der Waals surface area contributed by atoms with Gasteiger partial charge in [0.2, 0.25) is 5.91 Å². The molecule has 33 heavy (non-hydrogen) atoms. The van der Waals surface area contributed by atoms with Crippen LogP contribution in [0.2, 0.25) is 0 Å². The SMILES string of the molecule is COc1ccc(NC(=O)OC23C[C@@H]4C[C@@H](CC(NCC(=O)N5CCC[C@H]5C#N)(C4)C2)C3)cc1. The number of anilines is 1. The van der Waals surface area contributed by atoms with Gasteiger partial charge < -0.3 is 19.7 Å². The number of nitrogens with zero attached hydrogens (tertiary/aromatic N) is 2. The number of amides is 2. The Hall–Kier alpha value is -2.79. The molecule has 0 aromatic heterocycles. The molecule has 5 atom stereocenters. The van der Waals surface area contributed by atoms with Gasteiger partial charge >= 0.3 is 6.09 Å². The normalized spacial score (nSPS) is 34.1. The highest BCUT2D eigenvalue weighted by molar-refractivity contribution is 5.85. The van der Waals surface area contributed by atoms with E-state index in [9.17, 15) is 14.9 Å². The number of methoxy groups -OCH3 is 1. The van der Waals surface area contributed by atoms with E-state index in [1.807, 2.05) is 0 Å². The molecule has 2 amide bonds. The molecule has 4 aliphatic carbocycles. The lowest BCUT2D eigenvalue weighted by Gasteiger charge is -2.61. The molecule has 0 spiro atoms. The number of ether oxygens (including phenoxy) is 2. The summed E-state index contributed by atoms with van der Waals surface area (Å²) in [7, 11) is 1.61. The van der Waals surface area contributed by atoms with Gasteiger partial charge in [0.15, 0.2) is 0 Å². The number of hydrogen-bond acceptors (Lipinski definition) is 6. The standard InChI is InChI=1S/C25H32N4O4/c1-32-21-6-4-19(5-7-21)28-23(31)33-25-12-17-9-18(13-25)11-24(10-17,16-25)27-15-22(30)29-8-2-3-20(29)14-26/h4-7,17-18,20,27H,2-3,8-13,15-16H2,1H3,(H,28,31)/t17-,18+,20-,24?,25?/m0/s1. The number of nitriles is 1. The second-order valence-electron chi connectivity index (χ2n) is 10.4. The molecule has 4 saturated carbocycles. The Balaban J connectivity index is 1.23. The molecular weight excluding hydrogens is 420 g/mol. The molecule has 8 nitrogen and oxygen atoms in total. The lowest BCUT2D eigenvalue weighted by molar-refractivity contribution is -0.146. The van der Waals surface area contributed by atoms with E-state index in [-0.39, 0.29) is 24.0 Å². The summed E-state index contributed by atoms with van der Waals surface area (Å²) in [5.41, 5.74) is 0.00301. The molecule has 1 aromatic rings. The molecule has 5 fully saturated rings. The number of hydrogen-bond donors (Lipinski definition) is 2. The minimum atomic E-state index is -0.487. The summed E-state index contributed by atoms with van der Waals surface area (Å²) in [6.45, 7) is 0.904. The zero-order valence-electron chi connectivity index (χ0n) is 19.1. The molecule has 1 heterocycles. The predicted molar refractivity (Wildman–Crippen MR) is 122 cm³/mol. The van der Waals surface area contributed by atoms with Crippen LogP contribution in [0.1, 0.15) is 51.4 Å². The Morgan fingerprint density at radius 3 is 2.58 bits per heavy atom. The third-order valence-electron chi connectivity index (χ3n) is 7.99. The van der Waals surface area contributed by atoms with Crippen LogP contribution in [0.25, 0.3) is 0 Å². The highest BCUT2D eigenvalue weighted by atomic mass is 16.6. The summed E-state index contributed by atoms with van der Waals surface area (Å²) in [5, 5.41) is 15.7. The van der Waals surface area contributed by atoms with E-state index in [0.717, 1.165) is 50.7 Å². The summed E-state index contributed by atoms with van der Waals surface area (Å²) in [6, 6.07) is 9.13. The van der Waals surface area contributed by atoms with E-state index in [1.54, 1.807) is 36.3 Å². The monoisotopic (exact) mass is 452 g/mol. The van der Waals surface area contributed by atoms with Crippen molar-refractivity contribution >= 4 is 17.7 Å². The third-order valence-corrected chi connectivity index (χ3v) is 7.99. The van der Waals surface area contributed by atoms with Crippen molar-refractivity contribution in [1.29, 1.82) is 5.26 Å². The molecule has 1 aliphatic heterocycles. The van der Waals surface area contributed by atoms with Gasteiger partial charge in [0.25, 0.3) is 0 Å². The minimum absolute atomic E-state index is 0.00186. The predicted octanol–water partition coefficient (Wildman–Crippen LogP) is 3.44. The first kappa shape index (κ1) is 22.0. The fourth-order valence-corrected chi connectivity index (χ4v) is 7.08. The lowest BCUT2D eigenvalue weighted by Crippen LogP contribution is -2.66. The van der Waals surface area contributed by atoms with Crippen molar-refractivity contribution in [1.82, 2.24) is 10.2 Å². The third kappa shape index (κ3) is 4.39. The van der Waals surface area contributed by atoms with Crippen molar-refractivity contribution in [3.63, 3.8) is 0 Å². The van der Waals surface area contributed by atoms with Gasteiger partial charge in [-0.15, -0.1) is 0 Å². The smallest absolute Gasteiger partial charge is 0.412 e. The summed E-state index contributed by atoms with van der Waals surface area (Å²) >= 11 is 0. The maximum Gasteiger partial charge on any atom is 0.412 e. The average Bonchev–Trinajstić information content (AvgIpc) is 3.26. The van der Waals surface area contributed by atoms with E-state index >= 15 is 0 Å². The van der Waals surface area contributed by atoms with Gasteiger partial charge in [-0.25, -0.2) is 4.79 Å². The summed E-state index contributed by atoms with van der Waals surface area (Å²) in [5.74, 6) is 1.73. The first-order chi connectivity index (χ1) is 15.9. The molecule has 5 aliphatic rings. The number of carbonyl (C=O) groups is 2. The van der Waals surface area contributed by atoms with Gasteiger partial charge in [-0.1, -0.05) is 0 Å². The van der Waals surface area contributed by atoms with Crippen molar-refractivity contribution in [3.8, 4) is 11.8 Å². The fraction of sp³-hybridized carbons (Fsp3) is 0.640. The van der Waals surface area contributed by atoms with Crippen molar-refractivity contribution in [3.05, 3.63) is 24.3 Å². The largest absolute Gasteiger partial charge is 0.497 e. The first-order valence-corrected chi connectivity index (χ1v) is 12.0. The van der Waals surface area contributed by atoms with Crippen LogP contribution in [0, 0.1) is 23.2 Å². The zero-order chi connectivity index (χ0) is 23.1. The molecule has 0 radical (unpaired) electrons. The van der Waals surface area contributed by atoms with Crippen LogP contribution in [0.15, 0.2) is 24.3 Å². The summed E-state index contributed by atoms with van der Waals surface area (Å²) < 4.78 is 11.3. The topological polar surface area (TPSA) is 104 Å². The second-order valence-corrected chi connectivity index (χ2v) is 10.4. The van der Waals surface area contributed by atoms with Gasteiger partial charge in [-0.05, 0) is 81.0 Å². The molecule has 1 aromatic carbocycles. The Morgan fingerprint density at radius 1 is 1.18 bits per heavy atom. The van der Waals surface area contributed by atoms with Crippen LogP contribution >= 0.6 is 0 Å². The number of nitrogens with one attached hydrogen (secondary N) is 2. The first-order valence-electron chi connectivity index (χ1n) is 12.0. The van der Waals surface area contributed by atoms with Gasteiger partial charge in [0.05, 0.1) is 19.7 Å². The minimum Gasteiger partial charge on any atom is -0.497 e. The van der Waals surface area contributed by atoms with Crippen molar-refractivity contribution in [2.75, 3.05) is 25.5 Å². The Labute approximate surface area is 194 Å². The van der Waals surface area contributed by atoms with Crippen molar-refractivity contribution in [2.24, 2.45) is 11.8 Å². The van der Waals surface area contributed by atoms with Gasteiger partial charge in [0.1, 0.15) is 17.4 Å². The number of likely N-dealkylation sites (tertiary alicyclic amines) is 1. The highest BCUT2D eigenvalue weighted by Crippen LogP contribution is 2.59. The van der Waals surface area contributed by atoms with E-state index in [2.05, 4.69) is 16.7 Å². The van der Waals surface area contributed by atoms with Crippen LogP contribution in [0.4, 0.5) is 10.5 Å². The van der Waals surface area contributed by atoms with Crippen LogP contribution < -0.4 is 15.4 Å². The van der Waals surface area contributed by atoms with Crippen LogP contribution in [-0.2, 0) is 9.53 Å². The Morgan fingerprint density at radius 2 is 1.91 bits per heavy atom. The van der Waals surface area contributed by atoms with Crippen molar-refractivity contribution in [2.45, 2.75) is 68.5 Å². The number of rotatable bonds is 6. The molecule has 176 valence electrons. The van der Waals surface area contributed by atoms with E-state index < -0.39 is 11.7 Å². The van der Waals surface area contributed by atoms with Gasteiger partial charge in [-0.3, -0.25) is 10.1 Å². The Bertz CT molecular complexity index is 942. The molecular formula is C25H32N4O4. The van der Waals surface area contributed by atoms with Crippen LogP contribution in [0.5, 0.6) is 5.75 Å². The molecule has 1 saturated heterocycles. The molecule has 8 heteroatoms. The fourth-order valence-electron chi connectivity index (χ4n) is 7.08. The Kier molecular flexibility index (Phi) is 5.69. The van der Waals surface area contributed by atoms with Crippen molar-refractivity contribution < 1.29 is 19.1 Å². The quantitative estimate of drug-likeness (QED) is 0.685. The molecule has 4 bridgehead atoms. The lowest BCUT2D eigenvalue weighted by atomic mass is 9.51. The molecule has 6 rings (SSSR count). The maximum atomic E-state index is 12.8. The van der Waals surface area contributed by atoms with E-state index in [1.165, 1.54) is 6.42 Å². The van der Waals surface area contributed by atoms with Crippen LogP contribution in [0.3, 0.4) is 0 Å². The van der Waals surface area contributed by atoms with Crippen LogP contribution in [-0.4, -0.2) is 54.3 Å². The molecule has 2 N–H and O–H groups in total. The van der Waals surface area contributed by atoms with E-state index in [4.69, 9.17) is 9.47 Å². The number of benzene rings is 1. The van der Waals surface area contributed by atoms with Gasteiger partial charge in [0, 0.05) is 24.2 Å². The summed E-state index contributed by atoms with van der Waals surface area (Å²) in [6.07, 6.45) is 6.94. The highest BCUT2D eigenvalue weighted by Gasteiger charge is 2.59. The zero-order valence-corrected chi connectivity index (χ0v) is 19.1. The number of carbonyl (C=O) groups excluding carboxylic acids is 2. The van der Waals surface area contributed by atoms with Gasteiger partial charge in [-0.2, -0.15) is 5.26 Å². The maximum absolute atomic E-state index is 12.8. The van der Waals surface area contributed by atoms with E-state index in [0.29, 0.717) is 24.1 Å². The second kappa shape index (κ2) is 8.53. The summed E-state index contributed by atoms with van der Waals surface area (Å²) in [4.78, 5) is 27.3.